The molecule has 0 saturated carbocycles. The van der Waals surface area contributed by atoms with Crippen molar-refractivity contribution < 1.29 is 32.8 Å². The fraction of sp³-hybridized carbons (Fsp3) is 0.222. The molecule has 0 atom stereocenters. The summed E-state index contributed by atoms with van der Waals surface area (Å²) in [5.74, 6) is 2.59. The molecule has 1 heterocycles. The lowest BCUT2D eigenvalue weighted by Gasteiger charge is -2.17. The van der Waals surface area contributed by atoms with E-state index in [9.17, 15) is 4.79 Å². The summed E-state index contributed by atoms with van der Waals surface area (Å²) in [4.78, 5) is 13.2. The van der Waals surface area contributed by atoms with Crippen LogP contribution in [0.15, 0.2) is 63.8 Å². The first-order valence-corrected chi connectivity index (χ1v) is 10.7. The lowest BCUT2D eigenvalue weighted by molar-refractivity contribution is 0.282. The van der Waals surface area contributed by atoms with Crippen LogP contribution in [0.1, 0.15) is 5.56 Å². The summed E-state index contributed by atoms with van der Waals surface area (Å²) in [6.45, 7) is 0.353. The molecule has 0 fully saturated rings. The molecule has 0 spiro atoms. The molecule has 4 rings (SSSR count). The van der Waals surface area contributed by atoms with Crippen LogP contribution < -0.4 is 33.8 Å². The summed E-state index contributed by atoms with van der Waals surface area (Å²) in [6, 6.07) is 16.2. The standard InChI is InChI=1S/C27H26O8/c1-29-19-13-22(34-15-16-9-7-6-8-10-16)21(30-2)11-17(19)20-12-18(28)25-23(35-20)14-24(31-3)26(32-4)27(25)33-5/h6-14H,15H2,1-5H3. The molecule has 8 heteroatoms. The molecule has 35 heavy (non-hydrogen) atoms. The number of methoxy groups -OCH3 is 5. The Morgan fingerprint density at radius 1 is 0.686 bits per heavy atom. The number of hydrogen-bond acceptors (Lipinski definition) is 8. The second-order valence-electron chi connectivity index (χ2n) is 7.47. The average Bonchev–Trinajstić information content (AvgIpc) is 2.90. The predicted octanol–water partition coefficient (Wildman–Crippen LogP) is 5.08. The number of rotatable bonds is 9. The zero-order valence-electron chi connectivity index (χ0n) is 20.2. The van der Waals surface area contributed by atoms with Gasteiger partial charge in [0, 0.05) is 18.2 Å². The Bertz CT molecular complexity index is 1390. The number of ether oxygens (including phenoxy) is 6. The van der Waals surface area contributed by atoms with Crippen LogP contribution in [0.25, 0.3) is 22.3 Å². The van der Waals surface area contributed by atoms with Gasteiger partial charge in [-0.25, -0.2) is 0 Å². The largest absolute Gasteiger partial charge is 0.496 e. The van der Waals surface area contributed by atoms with Gasteiger partial charge in [-0.2, -0.15) is 0 Å². The predicted molar refractivity (Wildman–Crippen MR) is 131 cm³/mol. The Balaban J connectivity index is 1.83. The van der Waals surface area contributed by atoms with Crippen molar-refractivity contribution in [3.8, 4) is 45.8 Å². The second kappa shape index (κ2) is 10.3. The van der Waals surface area contributed by atoms with Crippen LogP contribution in [0.3, 0.4) is 0 Å². The summed E-state index contributed by atoms with van der Waals surface area (Å²) in [6.07, 6.45) is 0. The first kappa shape index (κ1) is 23.8. The number of benzene rings is 3. The molecule has 8 nitrogen and oxygen atoms in total. The van der Waals surface area contributed by atoms with Crippen molar-refractivity contribution in [1.29, 1.82) is 0 Å². The number of hydrogen-bond donors (Lipinski definition) is 0. The lowest BCUT2D eigenvalue weighted by atomic mass is 10.1. The van der Waals surface area contributed by atoms with Crippen LogP contribution in [0.4, 0.5) is 0 Å². The molecule has 0 bridgehead atoms. The van der Waals surface area contributed by atoms with Crippen molar-refractivity contribution in [2.75, 3.05) is 35.5 Å². The van der Waals surface area contributed by atoms with Gasteiger partial charge in [-0.15, -0.1) is 0 Å². The molecular formula is C27H26O8. The molecule has 0 aliphatic carbocycles. The molecule has 4 aromatic rings. The minimum Gasteiger partial charge on any atom is -0.496 e. The van der Waals surface area contributed by atoms with E-state index in [0.717, 1.165) is 5.56 Å². The minimum absolute atomic E-state index is 0.233. The topological polar surface area (TPSA) is 85.6 Å². The third kappa shape index (κ3) is 4.55. The maximum atomic E-state index is 13.2. The third-order valence-electron chi connectivity index (χ3n) is 5.51. The molecule has 3 aromatic carbocycles. The Kier molecular flexibility index (Phi) is 7.01. The average molecular weight is 478 g/mol. The summed E-state index contributed by atoms with van der Waals surface area (Å²) < 4.78 is 39.5. The van der Waals surface area contributed by atoms with Gasteiger partial charge >= 0.3 is 0 Å². The zero-order chi connectivity index (χ0) is 24.9. The Morgan fingerprint density at radius 2 is 1.37 bits per heavy atom. The van der Waals surface area contributed by atoms with E-state index in [2.05, 4.69) is 0 Å². The van der Waals surface area contributed by atoms with Crippen LogP contribution in [-0.4, -0.2) is 35.5 Å². The second-order valence-corrected chi connectivity index (χ2v) is 7.47. The normalized spacial score (nSPS) is 10.7. The van der Waals surface area contributed by atoms with E-state index in [4.69, 9.17) is 32.8 Å². The van der Waals surface area contributed by atoms with E-state index in [1.54, 1.807) is 25.3 Å². The van der Waals surface area contributed by atoms with E-state index in [-0.39, 0.29) is 27.9 Å². The van der Waals surface area contributed by atoms with Crippen molar-refractivity contribution in [3.05, 3.63) is 70.4 Å². The summed E-state index contributed by atoms with van der Waals surface area (Å²) in [5.41, 5.74) is 1.48. The van der Waals surface area contributed by atoms with Gasteiger partial charge in [-0.05, 0) is 11.6 Å². The Hall–Kier alpha value is -4.33. The van der Waals surface area contributed by atoms with E-state index in [1.165, 1.54) is 34.5 Å². The SMILES string of the molecule is COc1cc(-c2cc(=O)c3c(OC)c(OC)c(OC)cc3o2)c(OC)cc1OCc1ccccc1. The van der Waals surface area contributed by atoms with Crippen molar-refractivity contribution >= 4 is 11.0 Å². The van der Waals surface area contributed by atoms with Gasteiger partial charge in [0.1, 0.15) is 29.1 Å². The molecule has 0 aliphatic rings. The maximum absolute atomic E-state index is 13.2. The van der Waals surface area contributed by atoms with E-state index < -0.39 is 0 Å². The van der Waals surface area contributed by atoms with Gasteiger partial charge in [-0.1, -0.05) is 30.3 Å². The zero-order valence-corrected chi connectivity index (χ0v) is 20.2. The molecular weight excluding hydrogens is 452 g/mol. The van der Waals surface area contributed by atoms with Crippen LogP contribution in [-0.2, 0) is 6.61 Å². The monoisotopic (exact) mass is 478 g/mol. The van der Waals surface area contributed by atoms with Gasteiger partial charge in [0.15, 0.2) is 28.4 Å². The molecule has 0 N–H and O–H groups in total. The summed E-state index contributed by atoms with van der Waals surface area (Å²) in [7, 11) is 7.49. The first-order chi connectivity index (χ1) is 17.0. The highest BCUT2D eigenvalue weighted by Gasteiger charge is 2.22. The number of fused-ring (bicyclic) bond motifs is 1. The molecule has 0 saturated heterocycles. The lowest BCUT2D eigenvalue weighted by Crippen LogP contribution is -2.06. The highest BCUT2D eigenvalue weighted by Crippen LogP contribution is 2.45. The highest BCUT2D eigenvalue weighted by molar-refractivity contribution is 5.90. The summed E-state index contributed by atoms with van der Waals surface area (Å²) >= 11 is 0. The fourth-order valence-corrected chi connectivity index (χ4v) is 3.83. The van der Waals surface area contributed by atoms with Crippen LogP contribution in [0, 0.1) is 0 Å². The Morgan fingerprint density at radius 3 is 2.00 bits per heavy atom. The molecule has 0 radical (unpaired) electrons. The van der Waals surface area contributed by atoms with E-state index in [0.29, 0.717) is 40.9 Å². The fourth-order valence-electron chi connectivity index (χ4n) is 3.83. The Labute approximate surface area is 202 Å². The first-order valence-electron chi connectivity index (χ1n) is 10.7. The van der Waals surface area contributed by atoms with E-state index in [1.807, 2.05) is 30.3 Å². The molecule has 0 unspecified atom stereocenters. The van der Waals surface area contributed by atoms with Gasteiger partial charge < -0.3 is 32.8 Å². The highest BCUT2D eigenvalue weighted by atomic mass is 16.5. The van der Waals surface area contributed by atoms with Crippen molar-refractivity contribution in [2.45, 2.75) is 6.61 Å². The molecule has 0 amide bonds. The molecule has 1 aromatic heterocycles. The van der Waals surface area contributed by atoms with Crippen molar-refractivity contribution in [2.24, 2.45) is 0 Å². The maximum Gasteiger partial charge on any atom is 0.204 e. The summed E-state index contributed by atoms with van der Waals surface area (Å²) in [5, 5.41) is 0.239. The van der Waals surface area contributed by atoms with Crippen molar-refractivity contribution in [3.63, 3.8) is 0 Å². The molecule has 0 aliphatic heterocycles. The quantitative estimate of drug-likeness (QED) is 0.329. The minimum atomic E-state index is -0.315. The van der Waals surface area contributed by atoms with E-state index >= 15 is 0 Å². The van der Waals surface area contributed by atoms with Gasteiger partial charge in [-0.3, -0.25) is 4.79 Å². The van der Waals surface area contributed by atoms with Gasteiger partial charge in [0.05, 0.1) is 41.1 Å². The third-order valence-corrected chi connectivity index (χ3v) is 5.51. The van der Waals surface area contributed by atoms with Crippen LogP contribution in [0.2, 0.25) is 0 Å². The smallest absolute Gasteiger partial charge is 0.204 e. The van der Waals surface area contributed by atoms with Crippen LogP contribution >= 0.6 is 0 Å². The van der Waals surface area contributed by atoms with Crippen LogP contribution in [0.5, 0.6) is 34.5 Å². The van der Waals surface area contributed by atoms with Gasteiger partial charge in [0.25, 0.3) is 0 Å². The molecule has 182 valence electrons. The van der Waals surface area contributed by atoms with Crippen molar-refractivity contribution in [1.82, 2.24) is 0 Å². The van der Waals surface area contributed by atoms with Gasteiger partial charge in [0.2, 0.25) is 5.75 Å².